The van der Waals surface area contributed by atoms with E-state index in [0.717, 1.165) is 57.8 Å². The van der Waals surface area contributed by atoms with Crippen molar-refractivity contribution in [3.8, 4) is 0 Å². The van der Waals surface area contributed by atoms with Crippen molar-refractivity contribution in [2.75, 3.05) is 0 Å². The smallest absolute Gasteiger partial charge is 0.264 e. The van der Waals surface area contributed by atoms with Gasteiger partial charge < -0.3 is 0 Å². The molecule has 0 radical (unpaired) electrons. The van der Waals surface area contributed by atoms with Crippen molar-refractivity contribution in [3.63, 3.8) is 0 Å². The van der Waals surface area contributed by atoms with Crippen molar-refractivity contribution in [1.82, 2.24) is 9.62 Å². The highest BCUT2D eigenvalue weighted by Gasteiger charge is 2.38. The molecule has 3 aliphatic rings. The number of carbonyl (C=O) groups is 1. The van der Waals surface area contributed by atoms with Crippen LogP contribution in [0.2, 0.25) is 0 Å². The summed E-state index contributed by atoms with van der Waals surface area (Å²) in [5, 5.41) is 0. The molecular weight excluding hydrogens is 362 g/mol. The summed E-state index contributed by atoms with van der Waals surface area (Å²) in [4.78, 5) is 19.9. The number of fused-ring (bicyclic) bond motifs is 1. The summed E-state index contributed by atoms with van der Waals surface area (Å²) in [5.41, 5.74) is 0.240. The Morgan fingerprint density at radius 3 is 2.26 bits per heavy atom. The minimum absolute atomic E-state index is 0.00227. The Morgan fingerprint density at radius 2 is 1.56 bits per heavy atom. The second-order valence-electron chi connectivity index (χ2n) is 7.81. The van der Waals surface area contributed by atoms with E-state index in [2.05, 4.69) is 4.72 Å². The largest absolute Gasteiger partial charge is 0.275 e. The van der Waals surface area contributed by atoms with Crippen LogP contribution in [0.15, 0.2) is 34.2 Å². The third-order valence-corrected chi connectivity index (χ3v) is 7.29. The Kier molecular flexibility index (Phi) is 5.21. The van der Waals surface area contributed by atoms with Gasteiger partial charge in [-0.25, -0.2) is 18.1 Å². The van der Waals surface area contributed by atoms with Gasteiger partial charge in [-0.1, -0.05) is 50.7 Å². The van der Waals surface area contributed by atoms with Crippen LogP contribution in [0.1, 0.15) is 74.6 Å². The Morgan fingerprint density at radius 1 is 0.926 bits per heavy atom. The maximum atomic E-state index is 13.4. The summed E-state index contributed by atoms with van der Waals surface area (Å²) in [6.07, 6.45) is 10.4. The van der Waals surface area contributed by atoms with Crippen LogP contribution in [-0.4, -0.2) is 37.3 Å². The number of rotatable bonds is 2. The summed E-state index contributed by atoms with van der Waals surface area (Å²) in [7, 11) is -3.83. The van der Waals surface area contributed by atoms with Gasteiger partial charge in [-0.2, -0.15) is 0 Å². The van der Waals surface area contributed by atoms with E-state index in [1.165, 1.54) is 12.5 Å². The SMILES string of the molecule is O=C1c2ccccc2S(=O)(=O)NC(=NC2CCCCC2)N1C1CCCCC1. The first kappa shape index (κ1) is 18.5. The number of aliphatic imine (C=N–C) groups is 1. The molecule has 6 nitrogen and oxygen atoms in total. The van der Waals surface area contributed by atoms with Crippen molar-refractivity contribution in [2.24, 2.45) is 4.99 Å². The number of nitrogens with zero attached hydrogens (tertiary/aromatic N) is 2. The molecule has 27 heavy (non-hydrogen) atoms. The molecule has 0 unspecified atom stereocenters. The zero-order chi connectivity index (χ0) is 18.9. The molecule has 1 aromatic carbocycles. The lowest BCUT2D eigenvalue weighted by Gasteiger charge is -2.34. The second kappa shape index (κ2) is 7.62. The fraction of sp³-hybridized carbons (Fsp3) is 0.600. The number of carbonyl (C=O) groups excluding carboxylic acids is 1. The summed E-state index contributed by atoms with van der Waals surface area (Å²) in [5.74, 6) is -0.0179. The van der Waals surface area contributed by atoms with Crippen LogP contribution in [0.3, 0.4) is 0 Å². The first-order valence-electron chi connectivity index (χ1n) is 10.1. The number of hydrogen-bond donors (Lipinski definition) is 1. The van der Waals surface area contributed by atoms with E-state index < -0.39 is 10.0 Å². The van der Waals surface area contributed by atoms with Crippen LogP contribution in [0.5, 0.6) is 0 Å². The van der Waals surface area contributed by atoms with E-state index in [1.807, 2.05) is 0 Å². The highest BCUT2D eigenvalue weighted by Crippen LogP contribution is 2.29. The molecule has 4 rings (SSSR count). The zero-order valence-corrected chi connectivity index (χ0v) is 16.4. The van der Waals surface area contributed by atoms with Gasteiger partial charge in [0.05, 0.1) is 11.6 Å². The van der Waals surface area contributed by atoms with Gasteiger partial charge in [0.15, 0.2) is 0 Å². The van der Waals surface area contributed by atoms with Crippen molar-refractivity contribution < 1.29 is 13.2 Å². The normalized spacial score (nSPS) is 25.7. The van der Waals surface area contributed by atoms with Crippen molar-refractivity contribution >= 4 is 21.9 Å². The average molecular weight is 390 g/mol. The molecule has 0 saturated heterocycles. The number of benzene rings is 1. The topological polar surface area (TPSA) is 78.8 Å². The van der Waals surface area contributed by atoms with Gasteiger partial charge in [-0.15, -0.1) is 0 Å². The van der Waals surface area contributed by atoms with Gasteiger partial charge in [0, 0.05) is 6.04 Å². The third kappa shape index (κ3) is 3.74. The van der Waals surface area contributed by atoms with Crippen LogP contribution in [0.25, 0.3) is 0 Å². The summed E-state index contributed by atoms with van der Waals surface area (Å²) >= 11 is 0. The van der Waals surface area contributed by atoms with Gasteiger partial charge >= 0.3 is 0 Å². The Balaban J connectivity index is 1.79. The molecule has 0 atom stereocenters. The molecular formula is C20H27N3O3S. The molecule has 0 spiro atoms. The predicted molar refractivity (Wildman–Crippen MR) is 104 cm³/mol. The minimum Gasteiger partial charge on any atom is -0.275 e. The quantitative estimate of drug-likeness (QED) is 0.841. The van der Waals surface area contributed by atoms with E-state index >= 15 is 0 Å². The third-order valence-electron chi connectivity index (χ3n) is 5.90. The summed E-state index contributed by atoms with van der Waals surface area (Å²) < 4.78 is 28.6. The molecule has 0 bridgehead atoms. The number of sulfonamides is 1. The highest BCUT2D eigenvalue weighted by atomic mass is 32.2. The first-order chi connectivity index (χ1) is 13.1. The van der Waals surface area contributed by atoms with Gasteiger partial charge in [-0.3, -0.25) is 9.69 Å². The molecule has 0 aromatic heterocycles. The average Bonchev–Trinajstić information content (AvgIpc) is 2.77. The molecule has 7 heteroatoms. The molecule has 2 fully saturated rings. The number of nitrogens with one attached hydrogen (secondary N) is 1. The molecule has 2 saturated carbocycles. The van der Waals surface area contributed by atoms with Gasteiger partial charge in [0.1, 0.15) is 4.90 Å². The fourth-order valence-electron chi connectivity index (χ4n) is 4.48. The lowest BCUT2D eigenvalue weighted by atomic mass is 9.93. The van der Waals surface area contributed by atoms with Gasteiger partial charge in [0.25, 0.3) is 15.9 Å². The van der Waals surface area contributed by atoms with E-state index in [-0.39, 0.29) is 34.4 Å². The maximum Gasteiger partial charge on any atom is 0.264 e. The second-order valence-corrected chi connectivity index (χ2v) is 9.46. The van der Waals surface area contributed by atoms with Crippen LogP contribution < -0.4 is 4.72 Å². The predicted octanol–water partition coefficient (Wildman–Crippen LogP) is 3.44. The number of guanidine groups is 1. The molecule has 1 heterocycles. The van der Waals surface area contributed by atoms with Crippen molar-refractivity contribution in [2.45, 2.75) is 81.2 Å². The van der Waals surface area contributed by atoms with Crippen molar-refractivity contribution in [3.05, 3.63) is 29.8 Å². The minimum atomic E-state index is -3.83. The maximum absolute atomic E-state index is 13.4. The van der Waals surface area contributed by atoms with Gasteiger partial charge in [-0.05, 0) is 37.8 Å². The fourth-order valence-corrected chi connectivity index (χ4v) is 5.68. The molecule has 1 N–H and O–H groups in total. The molecule has 1 amide bonds. The van der Waals surface area contributed by atoms with Crippen LogP contribution >= 0.6 is 0 Å². The van der Waals surface area contributed by atoms with Gasteiger partial charge in [0.2, 0.25) is 5.96 Å². The van der Waals surface area contributed by atoms with Crippen molar-refractivity contribution in [1.29, 1.82) is 0 Å². The highest BCUT2D eigenvalue weighted by molar-refractivity contribution is 7.90. The molecule has 2 aliphatic carbocycles. The Labute approximate surface area is 161 Å². The summed E-state index contributed by atoms with van der Waals surface area (Å²) in [6.45, 7) is 0. The van der Waals surface area contributed by atoms with Crippen LogP contribution in [0.4, 0.5) is 0 Å². The standard InChI is InChI=1S/C20H27N3O3S/c24-19-17-13-7-8-14-18(17)27(25,26)22-20(21-15-9-3-1-4-10-15)23(19)16-11-5-2-6-12-16/h7-8,13-16H,1-6,9-12H2,(H,21,22). The Hall–Kier alpha value is -1.89. The zero-order valence-electron chi connectivity index (χ0n) is 15.6. The van der Waals surface area contributed by atoms with E-state index in [9.17, 15) is 13.2 Å². The molecule has 1 aliphatic heterocycles. The number of hydrogen-bond acceptors (Lipinski definition) is 4. The monoisotopic (exact) mass is 389 g/mol. The Bertz CT molecular complexity index is 838. The summed E-state index contributed by atoms with van der Waals surface area (Å²) in [6, 6.07) is 6.56. The van der Waals surface area contributed by atoms with E-state index in [0.29, 0.717) is 0 Å². The lowest BCUT2D eigenvalue weighted by Crippen LogP contribution is -2.51. The van der Waals surface area contributed by atoms with E-state index in [1.54, 1.807) is 23.1 Å². The molecule has 146 valence electrons. The molecule has 1 aromatic rings. The van der Waals surface area contributed by atoms with Crippen LogP contribution in [0, 0.1) is 0 Å². The first-order valence-corrected chi connectivity index (χ1v) is 11.6. The van der Waals surface area contributed by atoms with E-state index in [4.69, 9.17) is 4.99 Å². The number of amides is 1. The lowest BCUT2D eigenvalue weighted by molar-refractivity contribution is 0.0769. The van der Waals surface area contributed by atoms with Crippen LogP contribution in [-0.2, 0) is 10.0 Å².